The highest BCUT2D eigenvalue weighted by molar-refractivity contribution is 6.06. The van der Waals surface area contributed by atoms with Gasteiger partial charge in [-0.25, -0.2) is 0 Å². The Hall–Kier alpha value is -1.42. The van der Waals surface area contributed by atoms with Crippen molar-refractivity contribution in [3.05, 3.63) is 24.8 Å². The van der Waals surface area contributed by atoms with Crippen LogP contribution in [0.2, 0.25) is 0 Å². The lowest BCUT2D eigenvalue weighted by Gasteiger charge is -2.14. The SMILES string of the molecule is C=CCN1C(=O)C2C3C=CC(O3)C2C1=O. The van der Waals surface area contributed by atoms with Gasteiger partial charge in [0.1, 0.15) is 0 Å². The lowest BCUT2D eigenvalue weighted by atomic mass is 9.85. The van der Waals surface area contributed by atoms with Crippen molar-refractivity contribution in [3.63, 3.8) is 0 Å². The second-order valence-electron chi connectivity index (χ2n) is 4.08. The summed E-state index contributed by atoms with van der Waals surface area (Å²) in [5, 5.41) is 0. The number of imide groups is 1. The van der Waals surface area contributed by atoms with Crippen LogP contribution in [0.3, 0.4) is 0 Å². The Morgan fingerprint density at radius 3 is 2.27 bits per heavy atom. The molecule has 4 atom stereocenters. The fourth-order valence-electron chi connectivity index (χ4n) is 2.67. The molecule has 2 amide bonds. The number of likely N-dealkylation sites (tertiary alicyclic amines) is 1. The van der Waals surface area contributed by atoms with Crippen LogP contribution in [-0.4, -0.2) is 35.5 Å². The van der Waals surface area contributed by atoms with Gasteiger partial charge in [-0.15, -0.1) is 6.58 Å². The van der Waals surface area contributed by atoms with Crippen molar-refractivity contribution in [2.45, 2.75) is 12.2 Å². The quantitative estimate of drug-likeness (QED) is 0.475. The maximum atomic E-state index is 11.9. The van der Waals surface area contributed by atoms with Crippen LogP contribution in [0.5, 0.6) is 0 Å². The maximum Gasteiger partial charge on any atom is 0.236 e. The number of carbonyl (C=O) groups is 2. The van der Waals surface area contributed by atoms with E-state index in [1.54, 1.807) is 6.08 Å². The molecular formula is C11H11NO3. The third-order valence-electron chi connectivity index (χ3n) is 3.31. The molecule has 4 unspecified atom stereocenters. The van der Waals surface area contributed by atoms with Crippen LogP contribution in [0, 0.1) is 11.8 Å². The predicted octanol–water partition coefficient (Wildman–Crippen LogP) is 0.111. The Morgan fingerprint density at radius 2 is 1.80 bits per heavy atom. The molecule has 15 heavy (non-hydrogen) atoms. The number of amides is 2. The van der Waals surface area contributed by atoms with E-state index in [0.717, 1.165) is 0 Å². The van der Waals surface area contributed by atoms with E-state index < -0.39 is 0 Å². The highest BCUT2D eigenvalue weighted by Gasteiger charge is 2.60. The van der Waals surface area contributed by atoms with Crippen LogP contribution in [0.25, 0.3) is 0 Å². The molecule has 0 saturated carbocycles. The summed E-state index contributed by atoms with van der Waals surface area (Å²) >= 11 is 0. The average molecular weight is 205 g/mol. The van der Waals surface area contributed by atoms with E-state index in [2.05, 4.69) is 6.58 Å². The summed E-state index contributed by atoms with van der Waals surface area (Å²) in [6.45, 7) is 3.86. The Bertz CT molecular complexity index is 357. The molecule has 3 aliphatic heterocycles. The molecule has 0 N–H and O–H groups in total. The smallest absolute Gasteiger partial charge is 0.236 e. The van der Waals surface area contributed by atoms with Crippen LogP contribution >= 0.6 is 0 Å². The van der Waals surface area contributed by atoms with E-state index in [-0.39, 0.29) is 35.9 Å². The number of hydrogen-bond acceptors (Lipinski definition) is 3. The highest BCUT2D eigenvalue weighted by atomic mass is 16.5. The largest absolute Gasteiger partial charge is 0.365 e. The second kappa shape index (κ2) is 2.79. The first-order valence-corrected chi connectivity index (χ1v) is 5.04. The summed E-state index contributed by atoms with van der Waals surface area (Å²) < 4.78 is 5.50. The maximum absolute atomic E-state index is 11.9. The molecule has 4 nitrogen and oxygen atoms in total. The van der Waals surface area contributed by atoms with Gasteiger partial charge in [0, 0.05) is 6.54 Å². The molecule has 2 fully saturated rings. The molecular weight excluding hydrogens is 194 g/mol. The molecule has 4 heteroatoms. The lowest BCUT2D eigenvalue weighted by molar-refractivity contribution is -0.141. The number of hydrogen-bond donors (Lipinski definition) is 0. The molecule has 0 aromatic heterocycles. The molecule has 0 aromatic carbocycles. The molecule has 2 saturated heterocycles. The van der Waals surface area contributed by atoms with Crippen molar-refractivity contribution in [1.29, 1.82) is 0 Å². The zero-order valence-corrected chi connectivity index (χ0v) is 8.13. The molecule has 3 rings (SSSR count). The van der Waals surface area contributed by atoms with Gasteiger partial charge in [-0.3, -0.25) is 14.5 Å². The van der Waals surface area contributed by atoms with Gasteiger partial charge in [0.05, 0.1) is 24.0 Å². The van der Waals surface area contributed by atoms with Crippen LogP contribution < -0.4 is 0 Å². The van der Waals surface area contributed by atoms with Crippen LogP contribution in [0.15, 0.2) is 24.8 Å². The first-order chi connectivity index (χ1) is 7.24. The summed E-state index contributed by atoms with van der Waals surface area (Å²) in [6.07, 6.45) is 4.97. The van der Waals surface area contributed by atoms with E-state index in [0.29, 0.717) is 6.54 Å². The molecule has 3 heterocycles. The van der Waals surface area contributed by atoms with E-state index in [1.807, 2.05) is 12.2 Å². The van der Waals surface area contributed by atoms with Crippen molar-refractivity contribution in [3.8, 4) is 0 Å². The lowest BCUT2D eigenvalue weighted by Crippen LogP contribution is -2.34. The molecule has 0 aromatic rings. The van der Waals surface area contributed by atoms with Crippen molar-refractivity contribution < 1.29 is 14.3 Å². The summed E-state index contributed by atoms with van der Waals surface area (Å²) in [4.78, 5) is 25.1. The van der Waals surface area contributed by atoms with E-state index in [1.165, 1.54) is 4.90 Å². The summed E-state index contributed by atoms with van der Waals surface area (Å²) in [6, 6.07) is 0. The summed E-state index contributed by atoms with van der Waals surface area (Å²) in [5.74, 6) is -0.789. The van der Waals surface area contributed by atoms with E-state index in [9.17, 15) is 9.59 Å². The highest BCUT2D eigenvalue weighted by Crippen LogP contribution is 2.44. The van der Waals surface area contributed by atoms with Gasteiger partial charge < -0.3 is 4.74 Å². The Morgan fingerprint density at radius 1 is 1.27 bits per heavy atom. The normalized spacial score (nSPS) is 41.5. The summed E-state index contributed by atoms with van der Waals surface area (Å²) in [7, 11) is 0. The van der Waals surface area contributed by atoms with Crippen molar-refractivity contribution >= 4 is 11.8 Å². The minimum Gasteiger partial charge on any atom is -0.365 e. The zero-order chi connectivity index (χ0) is 10.6. The molecule has 0 aliphatic carbocycles. The number of ether oxygens (including phenoxy) is 1. The minimum absolute atomic E-state index is 0.109. The number of carbonyl (C=O) groups excluding carboxylic acids is 2. The second-order valence-corrected chi connectivity index (χ2v) is 4.08. The van der Waals surface area contributed by atoms with Crippen LogP contribution in [0.1, 0.15) is 0 Å². The molecule has 2 bridgehead atoms. The van der Waals surface area contributed by atoms with Crippen molar-refractivity contribution in [1.82, 2.24) is 4.90 Å². The minimum atomic E-state index is -0.285. The van der Waals surface area contributed by atoms with Crippen molar-refractivity contribution in [2.24, 2.45) is 11.8 Å². The molecule has 78 valence electrons. The van der Waals surface area contributed by atoms with Gasteiger partial charge in [-0.05, 0) is 0 Å². The first-order valence-electron chi connectivity index (χ1n) is 5.04. The van der Waals surface area contributed by atoms with Gasteiger partial charge in [0.25, 0.3) is 0 Å². The average Bonchev–Trinajstić information content (AvgIpc) is 2.87. The molecule has 0 radical (unpaired) electrons. The fourth-order valence-corrected chi connectivity index (χ4v) is 2.67. The Kier molecular flexibility index (Phi) is 1.65. The third kappa shape index (κ3) is 0.946. The first kappa shape index (κ1) is 8.85. The number of rotatable bonds is 2. The monoisotopic (exact) mass is 205 g/mol. The Labute approximate surface area is 87.2 Å². The van der Waals surface area contributed by atoms with Gasteiger partial charge >= 0.3 is 0 Å². The molecule has 0 spiro atoms. The Balaban J connectivity index is 1.96. The topological polar surface area (TPSA) is 46.6 Å². The van der Waals surface area contributed by atoms with E-state index in [4.69, 9.17) is 4.74 Å². The predicted molar refractivity (Wildman–Crippen MR) is 51.7 cm³/mol. The van der Waals surface area contributed by atoms with Gasteiger partial charge in [-0.1, -0.05) is 18.2 Å². The summed E-state index contributed by atoms with van der Waals surface area (Å²) in [5.41, 5.74) is 0. The van der Waals surface area contributed by atoms with Gasteiger partial charge in [-0.2, -0.15) is 0 Å². The molecule has 3 aliphatic rings. The third-order valence-corrected chi connectivity index (χ3v) is 3.31. The standard InChI is InChI=1S/C11H11NO3/c1-2-5-12-10(13)8-6-3-4-7(15-6)9(8)11(12)14/h2-4,6-9H,1,5H2. The number of fused-ring (bicyclic) bond motifs is 5. The number of nitrogens with zero attached hydrogens (tertiary/aromatic N) is 1. The van der Waals surface area contributed by atoms with Crippen molar-refractivity contribution in [2.75, 3.05) is 6.54 Å². The van der Waals surface area contributed by atoms with Crippen LogP contribution in [-0.2, 0) is 14.3 Å². The fraction of sp³-hybridized carbons (Fsp3) is 0.455. The van der Waals surface area contributed by atoms with Gasteiger partial charge in [0.15, 0.2) is 0 Å². The van der Waals surface area contributed by atoms with E-state index >= 15 is 0 Å². The zero-order valence-electron chi connectivity index (χ0n) is 8.13. The van der Waals surface area contributed by atoms with Gasteiger partial charge in [0.2, 0.25) is 11.8 Å². The van der Waals surface area contributed by atoms with Crippen LogP contribution in [0.4, 0.5) is 0 Å².